The summed E-state index contributed by atoms with van der Waals surface area (Å²) in [7, 11) is 0.207. The first-order chi connectivity index (χ1) is 8.41. The van der Waals surface area contributed by atoms with E-state index in [4.69, 9.17) is 16.3 Å². The van der Waals surface area contributed by atoms with Gasteiger partial charge >= 0.3 is 6.01 Å². The summed E-state index contributed by atoms with van der Waals surface area (Å²) in [4.78, 5) is 13.5. The standard InChI is InChI=1S/C9H13ClN4O3S/c1-14(6-3-4-18(15,16)5-6)8-11-7(10)12-9(13-8)17-2/h6H,3-5H2,1-2H3. The Morgan fingerprint density at radius 1 is 1.39 bits per heavy atom. The number of sulfone groups is 1. The fraction of sp³-hybridized carbons (Fsp3) is 0.667. The van der Waals surface area contributed by atoms with Crippen molar-refractivity contribution in [1.29, 1.82) is 0 Å². The number of hydrogen-bond donors (Lipinski definition) is 0. The molecule has 1 fully saturated rings. The summed E-state index contributed by atoms with van der Waals surface area (Å²) >= 11 is 5.75. The van der Waals surface area contributed by atoms with Crippen molar-refractivity contribution < 1.29 is 13.2 Å². The maximum atomic E-state index is 11.4. The molecule has 1 unspecified atom stereocenters. The van der Waals surface area contributed by atoms with E-state index in [0.717, 1.165) is 0 Å². The van der Waals surface area contributed by atoms with Crippen LogP contribution in [0.5, 0.6) is 6.01 Å². The maximum absolute atomic E-state index is 11.4. The lowest BCUT2D eigenvalue weighted by Crippen LogP contribution is -2.34. The lowest BCUT2D eigenvalue weighted by molar-refractivity contribution is 0.377. The Labute approximate surface area is 110 Å². The van der Waals surface area contributed by atoms with Crippen LogP contribution in [0.25, 0.3) is 0 Å². The minimum absolute atomic E-state index is 0.0181. The minimum Gasteiger partial charge on any atom is -0.467 e. The second-order valence-electron chi connectivity index (χ2n) is 4.06. The Hall–Kier alpha value is -1.15. The van der Waals surface area contributed by atoms with E-state index in [2.05, 4.69) is 15.0 Å². The fourth-order valence-electron chi connectivity index (χ4n) is 1.82. The van der Waals surface area contributed by atoms with Gasteiger partial charge in [-0.05, 0) is 18.0 Å². The van der Waals surface area contributed by atoms with Gasteiger partial charge in [-0.15, -0.1) is 0 Å². The summed E-state index contributed by atoms with van der Waals surface area (Å²) in [5, 5.41) is 0.0181. The van der Waals surface area contributed by atoms with Crippen molar-refractivity contribution >= 4 is 27.4 Å². The molecule has 0 aromatic carbocycles. The van der Waals surface area contributed by atoms with Gasteiger partial charge in [-0.1, -0.05) is 0 Å². The van der Waals surface area contributed by atoms with Crippen LogP contribution >= 0.6 is 11.6 Å². The molecular weight excluding hydrogens is 280 g/mol. The number of aromatic nitrogens is 3. The number of ether oxygens (including phenoxy) is 1. The Bertz CT molecular complexity index is 551. The van der Waals surface area contributed by atoms with Crippen LogP contribution < -0.4 is 9.64 Å². The van der Waals surface area contributed by atoms with Gasteiger partial charge in [0.05, 0.1) is 18.6 Å². The zero-order chi connectivity index (χ0) is 13.3. The highest BCUT2D eigenvalue weighted by molar-refractivity contribution is 7.91. The van der Waals surface area contributed by atoms with E-state index in [0.29, 0.717) is 12.4 Å². The third-order valence-corrected chi connectivity index (χ3v) is 4.75. The minimum atomic E-state index is -2.95. The van der Waals surface area contributed by atoms with Gasteiger partial charge < -0.3 is 9.64 Å². The molecule has 18 heavy (non-hydrogen) atoms. The van der Waals surface area contributed by atoms with Gasteiger partial charge in [-0.3, -0.25) is 0 Å². The van der Waals surface area contributed by atoms with Gasteiger partial charge in [0.15, 0.2) is 9.84 Å². The number of hydrogen-bond acceptors (Lipinski definition) is 7. The van der Waals surface area contributed by atoms with Crippen LogP contribution in [0.2, 0.25) is 5.28 Å². The molecule has 2 heterocycles. The zero-order valence-electron chi connectivity index (χ0n) is 10.00. The highest BCUT2D eigenvalue weighted by Gasteiger charge is 2.32. The molecule has 1 aromatic rings. The Morgan fingerprint density at radius 3 is 2.67 bits per heavy atom. The molecule has 0 N–H and O–H groups in total. The molecule has 0 amide bonds. The topological polar surface area (TPSA) is 85.3 Å². The van der Waals surface area contributed by atoms with Crippen LogP contribution in [0.15, 0.2) is 0 Å². The maximum Gasteiger partial charge on any atom is 0.322 e. The Morgan fingerprint density at radius 2 is 2.11 bits per heavy atom. The molecule has 100 valence electrons. The smallest absolute Gasteiger partial charge is 0.322 e. The molecule has 0 aliphatic carbocycles. The number of rotatable bonds is 3. The second kappa shape index (κ2) is 4.85. The van der Waals surface area contributed by atoms with Crippen LogP contribution in [-0.2, 0) is 9.84 Å². The number of halogens is 1. The summed E-state index contributed by atoms with van der Waals surface area (Å²) in [5.41, 5.74) is 0. The number of anilines is 1. The molecule has 9 heteroatoms. The van der Waals surface area contributed by atoms with Gasteiger partial charge in [0.2, 0.25) is 11.2 Å². The molecule has 0 spiro atoms. The first-order valence-electron chi connectivity index (χ1n) is 5.30. The van der Waals surface area contributed by atoms with Crippen molar-refractivity contribution in [2.24, 2.45) is 0 Å². The summed E-state index contributed by atoms with van der Waals surface area (Å²) in [6.07, 6.45) is 0.560. The molecular formula is C9H13ClN4O3S. The highest BCUT2D eigenvalue weighted by atomic mass is 35.5. The predicted octanol–water partition coefficient (Wildman–Crippen LogP) is 0.157. The van der Waals surface area contributed by atoms with Crippen LogP contribution in [-0.4, -0.2) is 55.1 Å². The van der Waals surface area contributed by atoms with Crippen LogP contribution in [0.3, 0.4) is 0 Å². The van der Waals surface area contributed by atoms with E-state index in [1.165, 1.54) is 7.11 Å². The molecule has 1 aliphatic heterocycles. The van der Waals surface area contributed by atoms with Crippen LogP contribution in [0, 0.1) is 0 Å². The summed E-state index contributed by atoms with van der Waals surface area (Å²) < 4.78 is 27.8. The molecule has 1 atom stereocenters. The first-order valence-corrected chi connectivity index (χ1v) is 7.50. The van der Waals surface area contributed by atoms with Crippen molar-refractivity contribution in [2.75, 3.05) is 30.6 Å². The highest BCUT2D eigenvalue weighted by Crippen LogP contribution is 2.22. The summed E-state index contributed by atoms with van der Waals surface area (Å²) in [6, 6.07) is -0.0316. The van der Waals surface area contributed by atoms with Gasteiger partial charge in [0.25, 0.3) is 0 Å². The van der Waals surface area contributed by atoms with Gasteiger partial charge in [0, 0.05) is 13.1 Å². The van der Waals surface area contributed by atoms with Crippen molar-refractivity contribution in [3.05, 3.63) is 5.28 Å². The SMILES string of the molecule is COc1nc(Cl)nc(N(C)C2CCS(=O)(=O)C2)n1. The van der Waals surface area contributed by atoms with Crippen molar-refractivity contribution in [3.8, 4) is 6.01 Å². The lowest BCUT2D eigenvalue weighted by atomic mass is 10.2. The first kappa shape index (κ1) is 13.3. The average Bonchev–Trinajstić information content (AvgIpc) is 2.67. The predicted molar refractivity (Wildman–Crippen MR) is 66.9 cm³/mol. The second-order valence-corrected chi connectivity index (χ2v) is 6.63. The van der Waals surface area contributed by atoms with E-state index < -0.39 is 9.84 Å². The molecule has 7 nitrogen and oxygen atoms in total. The van der Waals surface area contributed by atoms with Crippen LogP contribution in [0.1, 0.15) is 6.42 Å². The molecule has 1 aliphatic rings. The van der Waals surface area contributed by atoms with Crippen LogP contribution in [0.4, 0.5) is 5.95 Å². The van der Waals surface area contributed by atoms with E-state index in [9.17, 15) is 8.42 Å². The van der Waals surface area contributed by atoms with E-state index >= 15 is 0 Å². The summed E-state index contributed by atoms with van der Waals surface area (Å²) in [5.74, 6) is 0.613. The molecule has 0 radical (unpaired) electrons. The molecule has 1 saturated heterocycles. The average molecular weight is 293 g/mol. The molecule has 2 rings (SSSR count). The van der Waals surface area contributed by atoms with Crippen molar-refractivity contribution in [2.45, 2.75) is 12.5 Å². The van der Waals surface area contributed by atoms with Crippen molar-refractivity contribution in [1.82, 2.24) is 15.0 Å². The number of nitrogens with zero attached hydrogens (tertiary/aromatic N) is 4. The third kappa shape index (κ3) is 2.81. The normalized spacial score (nSPS) is 21.8. The van der Waals surface area contributed by atoms with Gasteiger partial charge in [-0.2, -0.15) is 15.0 Å². The Balaban J connectivity index is 2.23. The van der Waals surface area contributed by atoms with Gasteiger partial charge in [0.1, 0.15) is 0 Å². The molecule has 0 saturated carbocycles. The van der Waals surface area contributed by atoms with Crippen molar-refractivity contribution in [3.63, 3.8) is 0 Å². The van der Waals surface area contributed by atoms with E-state index in [1.807, 2.05) is 0 Å². The van der Waals surface area contributed by atoms with Gasteiger partial charge in [-0.25, -0.2) is 8.42 Å². The lowest BCUT2D eigenvalue weighted by Gasteiger charge is -2.23. The Kier molecular flexibility index (Phi) is 3.58. The zero-order valence-corrected chi connectivity index (χ0v) is 11.6. The van der Waals surface area contributed by atoms with E-state index in [-0.39, 0.29) is 28.8 Å². The molecule has 1 aromatic heterocycles. The monoisotopic (exact) mass is 292 g/mol. The largest absolute Gasteiger partial charge is 0.467 e. The third-order valence-electron chi connectivity index (χ3n) is 2.83. The summed E-state index contributed by atoms with van der Waals surface area (Å²) in [6.45, 7) is 0. The van der Waals surface area contributed by atoms with E-state index in [1.54, 1.807) is 11.9 Å². The fourth-order valence-corrected chi connectivity index (χ4v) is 3.74. The number of methoxy groups -OCH3 is 1. The molecule has 0 bridgehead atoms. The quantitative estimate of drug-likeness (QED) is 0.784.